The van der Waals surface area contributed by atoms with E-state index in [1.807, 2.05) is 36.2 Å². The van der Waals surface area contributed by atoms with Crippen molar-refractivity contribution in [1.82, 2.24) is 4.90 Å². The first-order valence-electron chi connectivity index (χ1n) is 6.78. The van der Waals surface area contributed by atoms with Crippen LogP contribution in [0.5, 0.6) is 0 Å². The molecule has 98 valence electrons. The minimum atomic E-state index is 0.122. The van der Waals surface area contributed by atoms with E-state index in [0.29, 0.717) is 12.6 Å². The number of benzene rings is 1. The Kier molecular flexibility index (Phi) is 4.37. The molecule has 0 saturated heterocycles. The van der Waals surface area contributed by atoms with Gasteiger partial charge in [0.1, 0.15) is 0 Å². The molecule has 1 amide bonds. The standard InChI is InChI=1S/C15H22N2O/c1-17(14-8-3-2-4-9-14)15(18)13-7-5-6-12(10-13)11-16/h5-7,10,14H,2-4,8-9,11,16H2,1H3. The first-order chi connectivity index (χ1) is 8.72. The van der Waals surface area contributed by atoms with E-state index < -0.39 is 0 Å². The highest BCUT2D eigenvalue weighted by Gasteiger charge is 2.22. The van der Waals surface area contributed by atoms with Crippen LogP contribution in [0.25, 0.3) is 0 Å². The molecule has 1 saturated carbocycles. The van der Waals surface area contributed by atoms with Crippen molar-refractivity contribution in [2.75, 3.05) is 7.05 Å². The van der Waals surface area contributed by atoms with Gasteiger partial charge in [-0.2, -0.15) is 0 Å². The topological polar surface area (TPSA) is 46.3 Å². The third-order valence-electron chi connectivity index (χ3n) is 3.85. The molecule has 3 heteroatoms. The fourth-order valence-electron chi connectivity index (χ4n) is 2.67. The zero-order valence-electron chi connectivity index (χ0n) is 11.1. The van der Waals surface area contributed by atoms with Crippen molar-refractivity contribution >= 4 is 5.91 Å². The third kappa shape index (κ3) is 2.91. The van der Waals surface area contributed by atoms with Crippen molar-refractivity contribution in [2.24, 2.45) is 5.73 Å². The molecule has 0 radical (unpaired) electrons. The van der Waals surface area contributed by atoms with Gasteiger partial charge in [-0.05, 0) is 30.5 Å². The van der Waals surface area contributed by atoms with Gasteiger partial charge < -0.3 is 10.6 Å². The maximum atomic E-state index is 12.4. The van der Waals surface area contributed by atoms with Crippen LogP contribution in [-0.2, 0) is 6.54 Å². The molecule has 0 bridgehead atoms. The number of rotatable bonds is 3. The maximum Gasteiger partial charge on any atom is 0.253 e. The van der Waals surface area contributed by atoms with Gasteiger partial charge in [0.15, 0.2) is 0 Å². The molecule has 0 heterocycles. The molecule has 0 aliphatic heterocycles. The normalized spacial score (nSPS) is 16.6. The number of nitrogens with two attached hydrogens (primary N) is 1. The highest BCUT2D eigenvalue weighted by Crippen LogP contribution is 2.23. The van der Waals surface area contributed by atoms with E-state index in [1.54, 1.807) is 0 Å². The van der Waals surface area contributed by atoms with Crippen molar-refractivity contribution in [3.05, 3.63) is 35.4 Å². The minimum absolute atomic E-state index is 0.122. The first kappa shape index (κ1) is 13.1. The van der Waals surface area contributed by atoms with Crippen molar-refractivity contribution in [3.63, 3.8) is 0 Å². The number of amides is 1. The van der Waals surface area contributed by atoms with Gasteiger partial charge in [-0.3, -0.25) is 4.79 Å². The summed E-state index contributed by atoms with van der Waals surface area (Å²) in [6, 6.07) is 8.05. The van der Waals surface area contributed by atoms with E-state index >= 15 is 0 Å². The summed E-state index contributed by atoms with van der Waals surface area (Å²) >= 11 is 0. The predicted octanol–water partition coefficient (Wildman–Crippen LogP) is 2.55. The van der Waals surface area contributed by atoms with E-state index in [0.717, 1.165) is 24.0 Å². The predicted molar refractivity (Wildman–Crippen MR) is 73.3 cm³/mol. The molecular formula is C15H22N2O. The van der Waals surface area contributed by atoms with E-state index in [-0.39, 0.29) is 5.91 Å². The summed E-state index contributed by atoms with van der Waals surface area (Å²) < 4.78 is 0. The molecule has 1 fully saturated rings. The van der Waals surface area contributed by atoms with Crippen LogP contribution in [0.4, 0.5) is 0 Å². The van der Waals surface area contributed by atoms with Crippen LogP contribution in [0.2, 0.25) is 0 Å². The average molecular weight is 246 g/mol. The molecule has 0 unspecified atom stereocenters. The van der Waals surface area contributed by atoms with Crippen LogP contribution in [0.15, 0.2) is 24.3 Å². The van der Waals surface area contributed by atoms with E-state index in [2.05, 4.69) is 0 Å². The fraction of sp³-hybridized carbons (Fsp3) is 0.533. The van der Waals surface area contributed by atoms with Crippen LogP contribution in [0.3, 0.4) is 0 Å². The number of carbonyl (C=O) groups excluding carboxylic acids is 1. The average Bonchev–Trinajstić information content (AvgIpc) is 2.46. The summed E-state index contributed by atoms with van der Waals surface area (Å²) in [7, 11) is 1.92. The van der Waals surface area contributed by atoms with Gasteiger partial charge in [0.05, 0.1) is 0 Å². The summed E-state index contributed by atoms with van der Waals surface area (Å²) in [5.74, 6) is 0.122. The zero-order chi connectivity index (χ0) is 13.0. The highest BCUT2D eigenvalue weighted by molar-refractivity contribution is 5.94. The Balaban J connectivity index is 2.09. The summed E-state index contributed by atoms with van der Waals surface area (Å²) in [4.78, 5) is 14.3. The Morgan fingerprint density at radius 3 is 2.72 bits per heavy atom. The number of hydrogen-bond donors (Lipinski definition) is 1. The van der Waals surface area contributed by atoms with E-state index in [1.165, 1.54) is 19.3 Å². The molecule has 1 aliphatic rings. The molecule has 2 rings (SSSR count). The van der Waals surface area contributed by atoms with Gasteiger partial charge in [0.2, 0.25) is 0 Å². The van der Waals surface area contributed by atoms with Crippen molar-refractivity contribution < 1.29 is 4.79 Å². The van der Waals surface area contributed by atoms with Crippen molar-refractivity contribution in [3.8, 4) is 0 Å². The third-order valence-corrected chi connectivity index (χ3v) is 3.85. The van der Waals surface area contributed by atoms with Crippen LogP contribution >= 0.6 is 0 Å². The Morgan fingerprint density at radius 2 is 2.06 bits per heavy atom. The molecule has 1 aromatic carbocycles. The molecule has 18 heavy (non-hydrogen) atoms. The lowest BCUT2D eigenvalue weighted by Crippen LogP contribution is -2.38. The molecular weight excluding hydrogens is 224 g/mol. The molecule has 0 aromatic heterocycles. The lowest BCUT2D eigenvalue weighted by molar-refractivity contribution is 0.0696. The van der Waals surface area contributed by atoms with Crippen molar-refractivity contribution in [1.29, 1.82) is 0 Å². The number of nitrogens with zero attached hydrogens (tertiary/aromatic N) is 1. The molecule has 3 nitrogen and oxygen atoms in total. The molecule has 0 atom stereocenters. The Morgan fingerprint density at radius 1 is 1.33 bits per heavy atom. The largest absolute Gasteiger partial charge is 0.339 e. The molecule has 1 aliphatic carbocycles. The van der Waals surface area contributed by atoms with Gasteiger partial charge >= 0.3 is 0 Å². The van der Waals surface area contributed by atoms with Gasteiger partial charge in [-0.15, -0.1) is 0 Å². The monoisotopic (exact) mass is 246 g/mol. The summed E-state index contributed by atoms with van der Waals surface area (Å²) in [5.41, 5.74) is 7.38. The second kappa shape index (κ2) is 6.01. The van der Waals surface area contributed by atoms with Crippen LogP contribution in [0, 0.1) is 0 Å². The lowest BCUT2D eigenvalue weighted by atomic mass is 9.94. The maximum absolute atomic E-state index is 12.4. The Hall–Kier alpha value is -1.35. The second-order valence-electron chi connectivity index (χ2n) is 5.11. The summed E-state index contributed by atoms with van der Waals surface area (Å²) in [6.07, 6.45) is 6.06. The second-order valence-corrected chi connectivity index (χ2v) is 5.11. The zero-order valence-corrected chi connectivity index (χ0v) is 11.1. The summed E-state index contributed by atoms with van der Waals surface area (Å²) in [5, 5.41) is 0. The van der Waals surface area contributed by atoms with E-state index in [9.17, 15) is 4.79 Å². The molecule has 1 aromatic rings. The SMILES string of the molecule is CN(C(=O)c1cccc(CN)c1)C1CCCCC1. The van der Waals surface area contributed by atoms with Crippen LogP contribution in [0.1, 0.15) is 48.0 Å². The van der Waals surface area contributed by atoms with Gasteiger partial charge in [-0.25, -0.2) is 0 Å². The molecule has 2 N–H and O–H groups in total. The number of hydrogen-bond acceptors (Lipinski definition) is 2. The Bertz CT molecular complexity index is 411. The van der Waals surface area contributed by atoms with Gasteiger partial charge in [0.25, 0.3) is 5.91 Å². The smallest absolute Gasteiger partial charge is 0.253 e. The van der Waals surface area contributed by atoms with Crippen molar-refractivity contribution in [2.45, 2.75) is 44.7 Å². The minimum Gasteiger partial charge on any atom is -0.339 e. The summed E-state index contributed by atoms with van der Waals surface area (Å²) in [6.45, 7) is 0.480. The van der Waals surface area contributed by atoms with Gasteiger partial charge in [0, 0.05) is 25.2 Å². The Labute approximate surface area is 109 Å². The van der Waals surface area contributed by atoms with Crippen LogP contribution < -0.4 is 5.73 Å². The van der Waals surface area contributed by atoms with E-state index in [4.69, 9.17) is 5.73 Å². The highest BCUT2D eigenvalue weighted by atomic mass is 16.2. The van der Waals surface area contributed by atoms with Gasteiger partial charge in [-0.1, -0.05) is 31.4 Å². The quantitative estimate of drug-likeness (QED) is 0.891. The first-order valence-corrected chi connectivity index (χ1v) is 6.78. The fourth-order valence-corrected chi connectivity index (χ4v) is 2.67. The number of carbonyl (C=O) groups is 1. The molecule has 0 spiro atoms. The van der Waals surface area contributed by atoms with Crippen LogP contribution in [-0.4, -0.2) is 23.9 Å². The lowest BCUT2D eigenvalue weighted by Gasteiger charge is -2.31.